The summed E-state index contributed by atoms with van der Waals surface area (Å²) in [7, 11) is 0. The van der Waals surface area contributed by atoms with E-state index in [-0.39, 0.29) is 30.3 Å². The summed E-state index contributed by atoms with van der Waals surface area (Å²) in [5, 5.41) is 4.15. The van der Waals surface area contributed by atoms with E-state index in [9.17, 15) is 4.79 Å². The van der Waals surface area contributed by atoms with Crippen LogP contribution in [0.4, 0.5) is 0 Å². The van der Waals surface area contributed by atoms with Crippen molar-refractivity contribution >= 4 is 18.3 Å². The maximum Gasteiger partial charge on any atom is 0.239 e. The van der Waals surface area contributed by atoms with Gasteiger partial charge in [-0.15, -0.1) is 12.4 Å². The number of halogens is 1. The van der Waals surface area contributed by atoms with Gasteiger partial charge in [0, 0.05) is 25.5 Å². The summed E-state index contributed by atoms with van der Waals surface area (Å²) >= 11 is 0. The number of rotatable bonds is 4. The standard InChI is InChI=1S/C13H22N4O2.ClH/c1-10(2)12(14)13(18)16-6-7-19-11(8-16)9-17-5-3-4-15-17;/h3-5,10-12H,6-9,14H2,1-2H3;1H/t11?,12-;/m0./s1. The molecule has 1 fully saturated rings. The first-order chi connectivity index (χ1) is 9.08. The normalized spacial score (nSPS) is 20.6. The van der Waals surface area contributed by atoms with Crippen LogP contribution in [0.15, 0.2) is 18.5 Å². The molecule has 2 atom stereocenters. The van der Waals surface area contributed by atoms with Crippen LogP contribution in [0, 0.1) is 5.92 Å². The summed E-state index contributed by atoms with van der Waals surface area (Å²) in [4.78, 5) is 14.0. The highest BCUT2D eigenvalue weighted by Gasteiger charge is 2.29. The predicted octanol–water partition coefficient (Wildman–Crippen LogP) is 0.516. The molecule has 2 N–H and O–H groups in total. The molecule has 0 radical (unpaired) electrons. The van der Waals surface area contributed by atoms with Crippen LogP contribution >= 0.6 is 12.4 Å². The second-order valence-electron chi connectivity index (χ2n) is 5.27. The van der Waals surface area contributed by atoms with E-state index in [0.29, 0.717) is 26.2 Å². The zero-order valence-electron chi connectivity index (χ0n) is 11.9. The molecule has 1 aromatic rings. The van der Waals surface area contributed by atoms with Crippen LogP contribution in [-0.2, 0) is 16.1 Å². The lowest BCUT2D eigenvalue weighted by molar-refractivity contribution is -0.141. The Morgan fingerprint density at radius 1 is 1.55 bits per heavy atom. The Hall–Kier alpha value is -1.11. The molecule has 1 saturated heterocycles. The van der Waals surface area contributed by atoms with Crippen molar-refractivity contribution in [1.29, 1.82) is 0 Å². The van der Waals surface area contributed by atoms with E-state index in [1.807, 2.05) is 35.7 Å². The zero-order chi connectivity index (χ0) is 13.8. The van der Waals surface area contributed by atoms with E-state index in [1.165, 1.54) is 0 Å². The quantitative estimate of drug-likeness (QED) is 0.880. The SMILES string of the molecule is CC(C)[C@H](N)C(=O)N1CCOC(Cn2cccn2)C1.Cl. The van der Waals surface area contributed by atoms with Crippen molar-refractivity contribution in [2.24, 2.45) is 11.7 Å². The first-order valence-electron chi connectivity index (χ1n) is 6.71. The van der Waals surface area contributed by atoms with Gasteiger partial charge in [-0.2, -0.15) is 5.10 Å². The lowest BCUT2D eigenvalue weighted by atomic mass is 10.0. The van der Waals surface area contributed by atoms with Crippen LogP contribution < -0.4 is 5.73 Å². The maximum atomic E-state index is 12.2. The van der Waals surface area contributed by atoms with Gasteiger partial charge in [0.25, 0.3) is 0 Å². The second-order valence-corrected chi connectivity index (χ2v) is 5.27. The molecule has 114 valence electrons. The number of morpholine rings is 1. The van der Waals surface area contributed by atoms with Crippen LogP contribution in [0.5, 0.6) is 0 Å². The molecule has 2 heterocycles. The van der Waals surface area contributed by atoms with Crippen molar-refractivity contribution in [1.82, 2.24) is 14.7 Å². The highest BCUT2D eigenvalue weighted by Crippen LogP contribution is 2.11. The third-order valence-corrected chi connectivity index (χ3v) is 3.40. The third-order valence-electron chi connectivity index (χ3n) is 3.40. The van der Waals surface area contributed by atoms with Gasteiger partial charge in [0.1, 0.15) is 0 Å². The van der Waals surface area contributed by atoms with Crippen molar-refractivity contribution in [3.05, 3.63) is 18.5 Å². The van der Waals surface area contributed by atoms with Crippen molar-refractivity contribution in [2.75, 3.05) is 19.7 Å². The fourth-order valence-corrected chi connectivity index (χ4v) is 2.14. The zero-order valence-corrected chi connectivity index (χ0v) is 12.8. The first kappa shape index (κ1) is 16.9. The van der Waals surface area contributed by atoms with E-state index in [1.54, 1.807) is 6.20 Å². The average molecular weight is 303 g/mol. The number of nitrogens with zero attached hydrogens (tertiary/aromatic N) is 3. The Bertz CT molecular complexity index is 411. The molecule has 0 saturated carbocycles. The molecule has 1 unspecified atom stereocenters. The number of carbonyl (C=O) groups excluding carboxylic acids is 1. The van der Waals surface area contributed by atoms with Gasteiger partial charge in [-0.3, -0.25) is 9.48 Å². The van der Waals surface area contributed by atoms with E-state index in [4.69, 9.17) is 10.5 Å². The van der Waals surface area contributed by atoms with Gasteiger partial charge in [-0.25, -0.2) is 0 Å². The Kier molecular flexibility index (Phi) is 6.45. The van der Waals surface area contributed by atoms with Crippen LogP contribution in [0.2, 0.25) is 0 Å². The van der Waals surface area contributed by atoms with Crippen molar-refractivity contribution in [3.8, 4) is 0 Å². The van der Waals surface area contributed by atoms with Crippen LogP contribution in [0.1, 0.15) is 13.8 Å². The summed E-state index contributed by atoms with van der Waals surface area (Å²) in [5.74, 6) is 0.170. The van der Waals surface area contributed by atoms with Gasteiger partial charge < -0.3 is 15.4 Å². The number of hydrogen-bond acceptors (Lipinski definition) is 4. The Morgan fingerprint density at radius 2 is 2.30 bits per heavy atom. The van der Waals surface area contributed by atoms with Crippen molar-refractivity contribution in [3.63, 3.8) is 0 Å². The van der Waals surface area contributed by atoms with E-state index in [2.05, 4.69) is 5.10 Å². The minimum absolute atomic E-state index is 0. The summed E-state index contributed by atoms with van der Waals surface area (Å²) in [5.41, 5.74) is 5.92. The van der Waals surface area contributed by atoms with E-state index < -0.39 is 6.04 Å². The molecule has 1 amide bonds. The molecule has 0 aromatic carbocycles. The van der Waals surface area contributed by atoms with Gasteiger partial charge in [0.2, 0.25) is 5.91 Å². The van der Waals surface area contributed by atoms with E-state index in [0.717, 1.165) is 0 Å². The topological polar surface area (TPSA) is 73.4 Å². The minimum Gasteiger partial charge on any atom is -0.373 e. The van der Waals surface area contributed by atoms with E-state index >= 15 is 0 Å². The molecule has 0 spiro atoms. The monoisotopic (exact) mass is 302 g/mol. The fourth-order valence-electron chi connectivity index (χ4n) is 2.14. The predicted molar refractivity (Wildman–Crippen MR) is 78.6 cm³/mol. The molecule has 1 aliphatic heterocycles. The highest BCUT2D eigenvalue weighted by atomic mass is 35.5. The molecular weight excluding hydrogens is 280 g/mol. The second kappa shape index (κ2) is 7.61. The summed E-state index contributed by atoms with van der Waals surface area (Å²) in [6.07, 6.45) is 3.61. The molecule has 1 aromatic heterocycles. The largest absolute Gasteiger partial charge is 0.373 e. The van der Waals surface area contributed by atoms with Crippen LogP contribution in [0.25, 0.3) is 0 Å². The lowest BCUT2D eigenvalue weighted by Gasteiger charge is -2.35. The number of aromatic nitrogens is 2. The Balaban J connectivity index is 0.00000200. The van der Waals surface area contributed by atoms with Gasteiger partial charge in [0.05, 0.1) is 25.3 Å². The first-order valence-corrected chi connectivity index (χ1v) is 6.71. The van der Waals surface area contributed by atoms with Crippen molar-refractivity contribution in [2.45, 2.75) is 32.5 Å². The van der Waals surface area contributed by atoms with Gasteiger partial charge in [-0.1, -0.05) is 13.8 Å². The number of nitrogens with two attached hydrogens (primary N) is 1. The van der Waals surface area contributed by atoms with Gasteiger partial charge in [-0.05, 0) is 12.0 Å². The summed E-state index contributed by atoms with van der Waals surface area (Å²) < 4.78 is 7.50. The fraction of sp³-hybridized carbons (Fsp3) is 0.692. The molecule has 20 heavy (non-hydrogen) atoms. The molecule has 7 heteroatoms. The molecule has 0 bridgehead atoms. The minimum atomic E-state index is -0.427. The molecule has 2 rings (SSSR count). The average Bonchev–Trinajstić information content (AvgIpc) is 2.90. The lowest BCUT2D eigenvalue weighted by Crippen LogP contribution is -2.53. The van der Waals surface area contributed by atoms with Crippen molar-refractivity contribution < 1.29 is 9.53 Å². The smallest absolute Gasteiger partial charge is 0.239 e. The Labute approximate surface area is 125 Å². The molecule has 1 aliphatic rings. The Morgan fingerprint density at radius 3 is 2.90 bits per heavy atom. The van der Waals surface area contributed by atoms with Gasteiger partial charge in [0.15, 0.2) is 0 Å². The van der Waals surface area contributed by atoms with Gasteiger partial charge >= 0.3 is 0 Å². The summed E-state index contributed by atoms with van der Waals surface area (Å²) in [6, 6.07) is 1.45. The van der Waals surface area contributed by atoms with Crippen LogP contribution in [0.3, 0.4) is 0 Å². The molecule has 0 aliphatic carbocycles. The number of ether oxygens (including phenoxy) is 1. The van der Waals surface area contributed by atoms with Crippen LogP contribution in [-0.4, -0.2) is 52.4 Å². The third kappa shape index (κ3) is 4.19. The summed E-state index contributed by atoms with van der Waals surface area (Å²) in [6.45, 7) is 6.35. The highest BCUT2D eigenvalue weighted by molar-refractivity contribution is 5.85. The number of amides is 1. The number of hydrogen-bond donors (Lipinski definition) is 1. The molecule has 6 nitrogen and oxygen atoms in total. The number of carbonyl (C=O) groups is 1. The maximum absolute atomic E-state index is 12.2. The molecular formula is C13H23ClN4O2.